The molecule has 0 radical (unpaired) electrons. The van der Waals surface area contributed by atoms with Gasteiger partial charge in [0.2, 0.25) is 0 Å². The Kier molecular flexibility index (Phi) is 4.53. The molecule has 0 spiro atoms. The highest BCUT2D eigenvalue weighted by molar-refractivity contribution is 9.10. The number of benzene rings is 3. The summed E-state index contributed by atoms with van der Waals surface area (Å²) in [6.07, 6.45) is -5.11. The first kappa shape index (κ1) is 17.6. The third kappa shape index (κ3) is 3.38. The van der Waals surface area contributed by atoms with Crippen molar-refractivity contribution in [3.8, 4) is 0 Å². The van der Waals surface area contributed by atoms with Crippen molar-refractivity contribution in [2.75, 3.05) is 0 Å². The fourth-order valence-corrected chi connectivity index (χ4v) is 5.02. The summed E-state index contributed by atoms with van der Waals surface area (Å²) in [5.74, 6) is -0.717. The first-order chi connectivity index (χ1) is 12.4. The first-order valence-electron chi connectivity index (χ1n) is 8.15. The molecular formula is C21H14BrF3S. The fourth-order valence-electron chi connectivity index (χ4n) is 3.36. The maximum atomic E-state index is 13.4. The summed E-state index contributed by atoms with van der Waals surface area (Å²) in [6, 6.07) is 20.9. The van der Waals surface area contributed by atoms with Gasteiger partial charge in [0.25, 0.3) is 0 Å². The molecule has 0 saturated carbocycles. The van der Waals surface area contributed by atoms with Crippen LogP contribution in [-0.2, 0) is 0 Å². The Morgan fingerprint density at radius 1 is 0.885 bits per heavy atom. The lowest BCUT2D eigenvalue weighted by molar-refractivity contribution is -0.136. The van der Waals surface area contributed by atoms with Crippen LogP contribution in [0.15, 0.2) is 71.2 Å². The highest BCUT2D eigenvalue weighted by Gasteiger charge is 2.35. The van der Waals surface area contributed by atoms with Gasteiger partial charge in [-0.1, -0.05) is 64.5 Å². The highest BCUT2D eigenvalue weighted by atomic mass is 79.9. The van der Waals surface area contributed by atoms with E-state index in [0.717, 1.165) is 30.2 Å². The minimum atomic E-state index is -4.24. The van der Waals surface area contributed by atoms with Gasteiger partial charge in [0.05, 0.1) is 6.42 Å². The number of rotatable bonds is 3. The second-order valence-electron chi connectivity index (χ2n) is 6.24. The summed E-state index contributed by atoms with van der Waals surface area (Å²) < 4.78 is 42.1. The van der Waals surface area contributed by atoms with Crippen LogP contribution in [0.5, 0.6) is 0 Å². The van der Waals surface area contributed by atoms with Crippen molar-refractivity contribution in [3.63, 3.8) is 0 Å². The van der Waals surface area contributed by atoms with Crippen LogP contribution in [0.1, 0.15) is 22.8 Å². The zero-order valence-electron chi connectivity index (χ0n) is 13.6. The minimum absolute atomic E-state index is 0.715. The van der Waals surface area contributed by atoms with E-state index in [2.05, 4.69) is 15.9 Å². The van der Waals surface area contributed by atoms with E-state index in [4.69, 9.17) is 0 Å². The molecule has 5 heteroatoms. The van der Waals surface area contributed by atoms with E-state index >= 15 is 0 Å². The van der Waals surface area contributed by atoms with Crippen molar-refractivity contribution in [1.29, 1.82) is 0 Å². The SMILES string of the molecule is FC(F)(F)C[C@@H](c1cc2ccccc2s1)c1ccc(Br)c2ccccc12. The van der Waals surface area contributed by atoms with E-state index in [1.165, 1.54) is 11.3 Å². The molecule has 3 aromatic carbocycles. The van der Waals surface area contributed by atoms with Crippen molar-refractivity contribution < 1.29 is 13.2 Å². The van der Waals surface area contributed by atoms with E-state index in [-0.39, 0.29) is 0 Å². The van der Waals surface area contributed by atoms with Crippen LogP contribution in [0, 0.1) is 0 Å². The van der Waals surface area contributed by atoms with Crippen molar-refractivity contribution in [3.05, 3.63) is 81.6 Å². The molecule has 0 bridgehead atoms. The third-order valence-corrected chi connectivity index (χ3v) is 6.42. The highest BCUT2D eigenvalue weighted by Crippen LogP contribution is 2.43. The molecule has 0 saturated heterocycles. The smallest absolute Gasteiger partial charge is 0.171 e. The molecule has 4 aromatic rings. The Balaban J connectivity index is 1.93. The number of hydrogen-bond acceptors (Lipinski definition) is 1. The molecule has 0 N–H and O–H groups in total. The van der Waals surface area contributed by atoms with Gasteiger partial charge >= 0.3 is 6.18 Å². The van der Waals surface area contributed by atoms with Crippen LogP contribution in [-0.4, -0.2) is 6.18 Å². The summed E-state index contributed by atoms with van der Waals surface area (Å²) >= 11 is 4.95. The maximum Gasteiger partial charge on any atom is 0.390 e. The van der Waals surface area contributed by atoms with Gasteiger partial charge in [0.1, 0.15) is 0 Å². The Morgan fingerprint density at radius 2 is 1.58 bits per heavy atom. The molecule has 0 fully saturated rings. The molecule has 1 atom stereocenters. The maximum absolute atomic E-state index is 13.4. The fraction of sp³-hybridized carbons (Fsp3) is 0.143. The van der Waals surface area contributed by atoms with Gasteiger partial charge in [-0.05, 0) is 39.9 Å². The van der Waals surface area contributed by atoms with Crippen molar-refractivity contribution in [2.24, 2.45) is 0 Å². The number of fused-ring (bicyclic) bond motifs is 2. The van der Waals surface area contributed by atoms with Crippen LogP contribution in [0.25, 0.3) is 20.9 Å². The zero-order chi connectivity index (χ0) is 18.3. The number of thiophene rings is 1. The van der Waals surface area contributed by atoms with E-state index in [1.54, 1.807) is 0 Å². The molecule has 132 valence electrons. The van der Waals surface area contributed by atoms with Crippen LogP contribution in [0.2, 0.25) is 0 Å². The first-order valence-corrected chi connectivity index (χ1v) is 9.76. The summed E-state index contributed by atoms with van der Waals surface area (Å²) in [5, 5.41) is 2.77. The predicted molar refractivity (Wildman–Crippen MR) is 106 cm³/mol. The average molecular weight is 435 g/mol. The van der Waals surface area contributed by atoms with Gasteiger partial charge in [-0.3, -0.25) is 0 Å². The molecule has 1 heterocycles. The van der Waals surface area contributed by atoms with E-state index in [0.29, 0.717) is 5.56 Å². The van der Waals surface area contributed by atoms with Gasteiger partial charge in [-0.2, -0.15) is 13.2 Å². The molecule has 0 aliphatic heterocycles. The zero-order valence-corrected chi connectivity index (χ0v) is 16.0. The molecule has 0 aliphatic carbocycles. The van der Waals surface area contributed by atoms with Gasteiger partial charge < -0.3 is 0 Å². The molecule has 1 aromatic heterocycles. The molecular weight excluding hydrogens is 421 g/mol. The Labute approximate surface area is 161 Å². The molecule has 0 aliphatic rings. The molecule has 4 rings (SSSR count). The lowest BCUT2D eigenvalue weighted by Crippen LogP contribution is -2.14. The van der Waals surface area contributed by atoms with Crippen LogP contribution < -0.4 is 0 Å². The van der Waals surface area contributed by atoms with Crippen molar-refractivity contribution in [2.45, 2.75) is 18.5 Å². The normalized spacial score (nSPS) is 13.4. The van der Waals surface area contributed by atoms with E-state index in [1.807, 2.05) is 66.7 Å². The predicted octanol–water partition coefficient (Wildman–Crippen LogP) is 7.90. The Bertz CT molecular complexity index is 1050. The minimum Gasteiger partial charge on any atom is -0.171 e. The van der Waals surface area contributed by atoms with Gasteiger partial charge in [0, 0.05) is 20.0 Å². The second kappa shape index (κ2) is 6.71. The quantitative estimate of drug-likeness (QED) is 0.307. The average Bonchev–Trinajstić information content (AvgIpc) is 3.04. The lowest BCUT2D eigenvalue weighted by atomic mass is 9.89. The topological polar surface area (TPSA) is 0 Å². The number of halogens is 4. The number of hydrogen-bond donors (Lipinski definition) is 0. The van der Waals surface area contributed by atoms with Crippen LogP contribution in [0.3, 0.4) is 0 Å². The standard InChI is InChI=1S/C21H14BrF3S/c22-18-10-9-15(14-6-2-3-7-16(14)18)17(12-21(23,24)25)20-11-13-5-1-4-8-19(13)26-20/h1-11,17H,12H2/t17-/m1/s1. The van der Waals surface area contributed by atoms with E-state index < -0.39 is 18.5 Å². The van der Waals surface area contributed by atoms with Crippen LogP contribution in [0.4, 0.5) is 13.2 Å². The van der Waals surface area contributed by atoms with E-state index in [9.17, 15) is 13.2 Å². The Morgan fingerprint density at radius 3 is 2.31 bits per heavy atom. The molecule has 0 unspecified atom stereocenters. The number of alkyl halides is 3. The van der Waals surface area contributed by atoms with Gasteiger partial charge in [0.15, 0.2) is 0 Å². The summed E-state index contributed by atoms with van der Waals surface area (Å²) in [4.78, 5) is 0.746. The Hall–Kier alpha value is -1.85. The largest absolute Gasteiger partial charge is 0.390 e. The third-order valence-electron chi connectivity index (χ3n) is 4.50. The summed E-state index contributed by atoms with van der Waals surface area (Å²) in [6.45, 7) is 0. The summed E-state index contributed by atoms with van der Waals surface area (Å²) in [7, 11) is 0. The molecule has 26 heavy (non-hydrogen) atoms. The molecule has 0 amide bonds. The lowest BCUT2D eigenvalue weighted by Gasteiger charge is -2.20. The summed E-state index contributed by atoms with van der Waals surface area (Å²) in [5.41, 5.74) is 0.715. The van der Waals surface area contributed by atoms with Gasteiger partial charge in [-0.15, -0.1) is 11.3 Å². The van der Waals surface area contributed by atoms with Crippen molar-refractivity contribution in [1.82, 2.24) is 0 Å². The van der Waals surface area contributed by atoms with Crippen LogP contribution >= 0.6 is 27.3 Å². The van der Waals surface area contributed by atoms with Crippen molar-refractivity contribution >= 4 is 48.1 Å². The molecule has 0 nitrogen and oxygen atoms in total. The van der Waals surface area contributed by atoms with Gasteiger partial charge in [-0.25, -0.2) is 0 Å². The monoisotopic (exact) mass is 434 g/mol. The second-order valence-corrected chi connectivity index (χ2v) is 8.21.